The Morgan fingerprint density at radius 3 is 2.63 bits per heavy atom. The average Bonchev–Trinajstić information content (AvgIpc) is 2.83. The van der Waals surface area contributed by atoms with E-state index in [1.165, 1.54) is 71.1 Å². The molecular weight excluding hydrogens is 232 g/mol. The Morgan fingerprint density at radius 2 is 2.00 bits per heavy atom. The zero-order valence-corrected chi connectivity index (χ0v) is 13.4. The average molecular weight is 266 g/mol. The molecule has 0 spiro atoms. The minimum Gasteiger partial charge on any atom is -0.313 e. The fraction of sp³-hybridized carbons (Fsp3) is 1.00. The maximum Gasteiger partial charge on any atom is 0.0107 e. The van der Waals surface area contributed by atoms with Crippen LogP contribution in [0, 0.1) is 11.3 Å². The molecule has 0 bridgehead atoms. The van der Waals surface area contributed by atoms with Gasteiger partial charge in [-0.25, -0.2) is 0 Å². The lowest BCUT2D eigenvalue weighted by Crippen LogP contribution is -2.39. The van der Waals surface area contributed by atoms with Gasteiger partial charge in [0.25, 0.3) is 0 Å². The molecule has 2 atom stereocenters. The number of hydrogen-bond acceptors (Lipinski definition) is 2. The van der Waals surface area contributed by atoms with Crippen molar-refractivity contribution >= 4 is 0 Å². The van der Waals surface area contributed by atoms with Gasteiger partial charge in [0, 0.05) is 25.7 Å². The van der Waals surface area contributed by atoms with Crippen LogP contribution in [0.15, 0.2) is 0 Å². The molecule has 2 fully saturated rings. The molecule has 2 aliphatic rings. The molecule has 0 radical (unpaired) electrons. The van der Waals surface area contributed by atoms with Crippen molar-refractivity contribution in [2.45, 2.75) is 71.8 Å². The van der Waals surface area contributed by atoms with Crippen LogP contribution in [0.4, 0.5) is 0 Å². The van der Waals surface area contributed by atoms with E-state index in [0.29, 0.717) is 5.41 Å². The second-order valence-corrected chi connectivity index (χ2v) is 7.16. The molecule has 1 aliphatic heterocycles. The van der Waals surface area contributed by atoms with Gasteiger partial charge in [-0.3, -0.25) is 0 Å². The van der Waals surface area contributed by atoms with E-state index in [4.69, 9.17) is 0 Å². The predicted molar refractivity (Wildman–Crippen MR) is 83.5 cm³/mol. The van der Waals surface area contributed by atoms with E-state index in [-0.39, 0.29) is 0 Å². The largest absolute Gasteiger partial charge is 0.313 e. The van der Waals surface area contributed by atoms with Gasteiger partial charge in [0.2, 0.25) is 0 Å². The molecule has 1 heterocycles. The van der Waals surface area contributed by atoms with Crippen LogP contribution in [-0.2, 0) is 0 Å². The smallest absolute Gasteiger partial charge is 0.0107 e. The molecule has 112 valence electrons. The molecule has 0 aromatic rings. The number of hydrogen-bond donors (Lipinski definition) is 1. The van der Waals surface area contributed by atoms with E-state index in [1.807, 2.05) is 0 Å². The molecule has 0 aromatic heterocycles. The maximum absolute atomic E-state index is 3.80. The molecule has 2 unspecified atom stereocenters. The van der Waals surface area contributed by atoms with E-state index in [2.05, 4.69) is 31.0 Å². The molecule has 1 saturated carbocycles. The van der Waals surface area contributed by atoms with Crippen LogP contribution >= 0.6 is 0 Å². The van der Waals surface area contributed by atoms with E-state index in [0.717, 1.165) is 12.0 Å². The number of likely N-dealkylation sites (tertiary alicyclic amines) is 1. The molecule has 1 saturated heterocycles. The molecule has 1 N–H and O–H groups in total. The van der Waals surface area contributed by atoms with Gasteiger partial charge in [-0.05, 0) is 50.0 Å². The lowest BCUT2D eigenvalue weighted by atomic mass is 9.82. The lowest BCUT2D eigenvalue weighted by Gasteiger charge is -2.29. The summed E-state index contributed by atoms with van der Waals surface area (Å²) in [6.45, 7) is 12.3. The lowest BCUT2D eigenvalue weighted by molar-refractivity contribution is 0.232. The highest BCUT2D eigenvalue weighted by molar-refractivity contribution is 4.88. The van der Waals surface area contributed by atoms with Crippen molar-refractivity contribution < 1.29 is 0 Å². The molecule has 2 rings (SSSR count). The van der Waals surface area contributed by atoms with Gasteiger partial charge >= 0.3 is 0 Å². The second-order valence-electron chi connectivity index (χ2n) is 7.16. The highest BCUT2D eigenvalue weighted by Crippen LogP contribution is 2.36. The van der Waals surface area contributed by atoms with Crippen molar-refractivity contribution in [2.75, 3.05) is 26.2 Å². The van der Waals surface area contributed by atoms with Crippen molar-refractivity contribution in [3.05, 3.63) is 0 Å². The molecule has 2 nitrogen and oxygen atoms in total. The summed E-state index contributed by atoms with van der Waals surface area (Å²) in [5, 5.41) is 3.80. The minimum atomic E-state index is 0.638. The third kappa shape index (κ3) is 4.19. The molecule has 2 heteroatoms. The maximum atomic E-state index is 3.80. The van der Waals surface area contributed by atoms with E-state index in [9.17, 15) is 0 Å². The summed E-state index contributed by atoms with van der Waals surface area (Å²) in [5.41, 5.74) is 0.638. The quantitative estimate of drug-likeness (QED) is 0.789. The summed E-state index contributed by atoms with van der Waals surface area (Å²) < 4.78 is 0. The molecule has 1 aliphatic carbocycles. The molecule has 19 heavy (non-hydrogen) atoms. The van der Waals surface area contributed by atoms with Crippen LogP contribution in [0.1, 0.15) is 65.7 Å². The van der Waals surface area contributed by atoms with Gasteiger partial charge < -0.3 is 10.2 Å². The van der Waals surface area contributed by atoms with Crippen molar-refractivity contribution in [1.82, 2.24) is 10.2 Å². The fourth-order valence-corrected chi connectivity index (χ4v) is 4.09. The van der Waals surface area contributed by atoms with Crippen LogP contribution in [-0.4, -0.2) is 37.1 Å². The van der Waals surface area contributed by atoms with Crippen molar-refractivity contribution in [1.29, 1.82) is 0 Å². The normalized spacial score (nSPS) is 31.7. The van der Waals surface area contributed by atoms with E-state index >= 15 is 0 Å². The summed E-state index contributed by atoms with van der Waals surface area (Å²) >= 11 is 0. The van der Waals surface area contributed by atoms with Crippen molar-refractivity contribution in [2.24, 2.45) is 11.3 Å². The third-order valence-corrected chi connectivity index (χ3v) is 5.81. The highest BCUT2D eigenvalue weighted by Gasteiger charge is 2.34. The van der Waals surface area contributed by atoms with Crippen LogP contribution in [0.3, 0.4) is 0 Å². The fourth-order valence-electron chi connectivity index (χ4n) is 4.09. The minimum absolute atomic E-state index is 0.638. The Balaban J connectivity index is 1.64. The first-order chi connectivity index (χ1) is 9.17. The highest BCUT2D eigenvalue weighted by atomic mass is 15.2. The van der Waals surface area contributed by atoms with E-state index in [1.54, 1.807) is 0 Å². The Kier molecular flexibility index (Phi) is 5.70. The summed E-state index contributed by atoms with van der Waals surface area (Å²) in [7, 11) is 0. The number of rotatable bonds is 6. The first-order valence-corrected chi connectivity index (χ1v) is 8.63. The van der Waals surface area contributed by atoms with Gasteiger partial charge in [0.05, 0.1) is 0 Å². The van der Waals surface area contributed by atoms with Crippen LogP contribution in [0.25, 0.3) is 0 Å². The van der Waals surface area contributed by atoms with Crippen molar-refractivity contribution in [3.63, 3.8) is 0 Å². The first-order valence-electron chi connectivity index (χ1n) is 8.63. The Bertz CT molecular complexity index is 260. The zero-order chi connectivity index (χ0) is 13.7. The second kappa shape index (κ2) is 7.08. The SMILES string of the molecule is CCC1(CC)CCN(CCNC2CCCC(C)C2)C1. The summed E-state index contributed by atoms with van der Waals surface area (Å²) in [5.74, 6) is 0.936. The summed E-state index contributed by atoms with van der Waals surface area (Å²) in [6.07, 6.45) is 9.80. The van der Waals surface area contributed by atoms with Gasteiger partial charge in [0.1, 0.15) is 0 Å². The van der Waals surface area contributed by atoms with Crippen LogP contribution in [0.5, 0.6) is 0 Å². The summed E-state index contributed by atoms with van der Waals surface area (Å²) in [6, 6.07) is 0.800. The zero-order valence-electron chi connectivity index (χ0n) is 13.4. The van der Waals surface area contributed by atoms with E-state index < -0.39 is 0 Å². The van der Waals surface area contributed by atoms with Gasteiger partial charge in [0.15, 0.2) is 0 Å². The van der Waals surface area contributed by atoms with Crippen LogP contribution in [0.2, 0.25) is 0 Å². The van der Waals surface area contributed by atoms with Crippen molar-refractivity contribution in [3.8, 4) is 0 Å². The van der Waals surface area contributed by atoms with Gasteiger partial charge in [-0.2, -0.15) is 0 Å². The number of nitrogens with one attached hydrogen (secondary N) is 1. The standard InChI is InChI=1S/C17H34N2/c1-4-17(5-2)9-11-19(14-17)12-10-18-16-8-6-7-15(3)13-16/h15-16,18H,4-14H2,1-3H3. The molecule has 0 aromatic carbocycles. The molecule has 0 amide bonds. The van der Waals surface area contributed by atoms with Crippen LogP contribution < -0.4 is 5.32 Å². The summed E-state index contributed by atoms with van der Waals surface area (Å²) in [4.78, 5) is 2.69. The molecular formula is C17H34N2. The Morgan fingerprint density at radius 1 is 1.21 bits per heavy atom. The first kappa shape index (κ1) is 15.3. The topological polar surface area (TPSA) is 15.3 Å². The number of nitrogens with zero attached hydrogens (tertiary/aromatic N) is 1. The Hall–Kier alpha value is -0.0800. The third-order valence-electron chi connectivity index (χ3n) is 5.81. The van der Waals surface area contributed by atoms with Gasteiger partial charge in [-0.15, -0.1) is 0 Å². The Labute approximate surface area is 120 Å². The monoisotopic (exact) mass is 266 g/mol. The predicted octanol–water partition coefficient (Wildman–Crippen LogP) is 3.67. The van der Waals surface area contributed by atoms with Gasteiger partial charge in [-0.1, -0.05) is 33.6 Å².